The summed E-state index contributed by atoms with van der Waals surface area (Å²) in [6, 6.07) is 11.1. The number of alkyl halides is 4. The van der Waals surface area contributed by atoms with Gasteiger partial charge in [0.2, 0.25) is 6.41 Å². The standard InChI is InChI=1S/C25H25ClF2N8O2.C5H7F2NO.C5H12/c1-15-31-14-33-36(15)21-10-18(8-9-20(21)26)22(13-38-3)35(25(29)30-2)23(37)17-6-4-16(5-7-17)19-11-32-34(12-19)24(27)28;6-4(7)5(1-2-5)8-3-9;1-5(2,3)4/h4-12,14,22,24H,13H2,1-3H3,(H2,29,30);3-4H,1-2H2,(H,8,9);1-4H3. The van der Waals surface area contributed by atoms with Crippen molar-refractivity contribution in [3.63, 3.8) is 0 Å². The SMILES string of the molecule is CC(C)(C)C.CN=C(N)N(C(=O)c1ccc(-c2cnn(C(F)F)c2)cc1)C(COC)c1ccc(Cl)c(-n2ncnc2C)c1.O=CNC1(C(F)F)CC1. The largest absolute Gasteiger partial charge is 0.382 e. The molecule has 1 saturated carbocycles. The first kappa shape index (κ1) is 41.6. The molecule has 4 aromatic rings. The predicted octanol–water partition coefficient (Wildman–Crippen LogP) is 6.84. The number of guanidine groups is 1. The Balaban J connectivity index is 0.000000435. The number of halogens is 5. The molecule has 3 N–H and O–H groups in total. The molecule has 2 amide bonds. The second kappa shape index (κ2) is 18.1. The minimum atomic E-state index is -2.74. The summed E-state index contributed by atoms with van der Waals surface area (Å²) in [4.78, 5) is 33.0. The number of hydrogen-bond acceptors (Lipinski definition) is 7. The van der Waals surface area contributed by atoms with E-state index in [4.69, 9.17) is 22.1 Å². The van der Waals surface area contributed by atoms with Crippen LogP contribution in [0.25, 0.3) is 16.8 Å². The fraction of sp³-hybridized carbons (Fsp3) is 0.429. The number of aryl methyl sites for hydroxylation is 1. The van der Waals surface area contributed by atoms with Gasteiger partial charge in [0.25, 0.3) is 12.3 Å². The van der Waals surface area contributed by atoms with Crippen LogP contribution in [0.4, 0.5) is 17.6 Å². The van der Waals surface area contributed by atoms with E-state index in [1.54, 1.807) is 54.1 Å². The van der Waals surface area contributed by atoms with Crippen LogP contribution >= 0.6 is 11.6 Å². The van der Waals surface area contributed by atoms with Gasteiger partial charge in [-0.1, -0.05) is 57.5 Å². The lowest BCUT2D eigenvalue weighted by atomic mass is 10.0. The molecule has 17 heteroatoms. The molecule has 2 aromatic heterocycles. The summed E-state index contributed by atoms with van der Waals surface area (Å²) in [5.41, 5.74) is 8.25. The van der Waals surface area contributed by atoms with Gasteiger partial charge >= 0.3 is 6.55 Å². The summed E-state index contributed by atoms with van der Waals surface area (Å²) >= 11 is 6.46. The van der Waals surface area contributed by atoms with Crippen LogP contribution in [0.5, 0.6) is 0 Å². The molecule has 1 atom stereocenters. The quantitative estimate of drug-likeness (QED) is 0.0739. The number of aliphatic imine (C=N–C) groups is 1. The highest BCUT2D eigenvalue weighted by Gasteiger charge is 2.50. The maximum absolute atomic E-state index is 13.8. The molecule has 0 aliphatic heterocycles. The van der Waals surface area contributed by atoms with Crippen LogP contribution in [-0.4, -0.2) is 80.5 Å². The summed E-state index contributed by atoms with van der Waals surface area (Å²) in [7, 11) is 3.00. The third-order valence-corrected chi connectivity index (χ3v) is 7.77. The normalized spacial score (nSPS) is 14.2. The fourth-order valence-electron chi connectivity index (χ4n) is 4.64. The second-order valence-corrected chi connectivity index (χ2v) is 13.8. The van der Waals surface area contributed by atoms with Crippen molar-refractivity contribution in [2.75, 3.05) is 20.8 Å². The molecule has 0 spiro atoms. The summed E-state index contributed by atoms with van der Waals surface area (Å²) in [6.45, 7) is 7.90. The van der Waals surface area contributed by atoms with Gasteiger partial charge in [-0.3, -0.25) is 19.5 Å². The number of hydrogen-bond donors (Lipinski definition) is 2. The van der Waals surface area contributed by atoms with Gasteiger partial charge in [0.15, 0.2) is 5.96 Å². The molecule has 1 aliphatic rings. The highest BCUT2D eigenvalue weighted by atomic mass is 35.5. The van der Waals surface area contributed by atoms with Gasteiger partial charge in [0, 0.05) is 31.5 Å². The number of amides is 2. The third kappa shape index (κ3) is 11.1. The van der Waals surface area contributed by atoms with E-state index in [0.29, 0.717) is 68.1 Å². The molecule has 1 aliphatic carbocycles. The number of carbonyl (C=O) groups excluding carboxylic acids is 2. The maximum Gasteiger partial charge on any atom is 0.333 e. The smallest absolute Gasteiger partial charge is 0.333 e. The van der Waals surface area contributed by atoms with E-state index in [1.807, 2.05) is 0 Å². The number of nitrogens with two attached hydrogens (primary N) is 1. The van der Waals surface area contributed by atoms with Gasteiger partial charge < -0.3 is 15.8 Å². The zero-order valence-electron chi connectivity index (χ0n) is 30.0. The Bertz CT molecular complexity index is 1800. The van der Waals surface area contributed by atoms with Crippen molar-refractivity contribution in [3.05, 3.63) is 83.2 Å². The number of methoxy groups -OCH3 is 1. The predicted molar refractivity (Wildman–Crippen MR) is 191 cm³/mol. The van der Waals surface area contributed by atoms with Gasteiger partial charge in [-0.2, -0.15) is 19.0 Å². The van der Waals surface area contributed by atoms with Crippen molar-refractivity contribution in [2.24, 2.45) is 16.1 Å². The summed E-state index contributed by atoms with van der Waals surface area (Å²) < 4.78 is 57.1. The van der Waals surface area contributed by atoms with Crippen molar-refractivity contribution < 1.29 is 31.9 Å². The Morgan fingerprint density at radius 3 is 2.19 bits per heavy atom. The number of aromatic nitrogens is 5. The third-order valence-electron chi connectivity index (χ3n) is 7.45. The van der Waals surface area contributed by atoms with Crippen LogP contribution in [0.15, 0.2) is 66.2 Å². The molecule has 0 radical (unpaired) electrons. The topological polar surface area (TPSA) is 146 Å². The number of ether oxygens (including phenoxy) is 1. The number of nitrogens with zero attached hydrogens (tertiary/aromatic N) is 7. The van der Waals surface area contributed by atoms with Crippen molar-refractivity contribution in [1.82, 2.24) is 34.8 Å². The van der Waals surface area contributed by atoms with E-state index >= 15 is 0 Å². The monoisotopic (exact) mass is 749 g/mol. The molecule has 52 heavy (non-hydrogen) atoms. The second-order valence-electron chi connectivity index (χ2n) is 13.4. The van der Waals surface area contributed by atoms with Crippen LogP contribution in [0.3, 0.4) is 0 Å². The Labute approximate surface area is 305 Å². The molecule has 5 rings (SSSR count). The van der Waals surface area contributed by atoms with Crippen LogP contribution in [0.2, 0.25) is 5.02 Å². The summed E-state index contributed by atoms with van der Waals surface area (Å²) in [5.74, 6) is 0.181. The van der Waals surface area contributed by atoms with Crippen molar-refractivity contribution in [1.29, 1.82) is 0 Å². The lowest BCUT2D eigenvalue weighted by Crippen LogP contribution is -2.45. The van der Waals surface area contributed by atoms with E-state index < -0.39 is 30.5 Å². The minimum Gasteiger partial charge on any atom is -0.382 e. The van der Waals surface area contributed by atoms with Gasteiger partial charge in [-0.05, 0) is 60.6 Å². The zero-order chi connectivity index (χ0) is 38.8. The molecule has 0 saturated heterocycles. The van der Waals surface area contributed by atoms with Crippen LogP contribution in [0, 0.1) is 12.3 Å². The minimum absolute atomic E-state index is 0.0206. The first-order valence-electron chi connectivity index (χ1n) is 16.1. The average Bonchev–Trinajstić information content (AvgIpc) is 3.49. The number of rotatable bonds is 11. The first-order valence-corrected chi connectivity index (χ1v) is 16.5. The van der Waals surface area contributed by atoms with E-state index in [1.165, 1.54) is 37.8 Å². The highest BCUT2D eigenvalue weighted by Crippen LogP contribution is 2.40. The van der Waals surface area contributed by atoms with E-state index in [9.17, 15) is 27.2 Å². The number of nitrogens with one attached hydrogen (secondary N) is 1. The van der Waals surface area contributed by atoms with Crippen LogP contribution in [0.1, 0.15) is 74.9 Å². The van der Waals surface area contributed by atoms with Gasteiger partial charge in [-0.25, -0.2) is 23.1 Å². The lowest BCUT2D eigenvalue weighted by Gasteiger charge is -2.31. The van der Waals surface area contributed by atoms with Crippen LogP contribution in [-0.2, 0) is 9.53 Å². The number of carbonyl (C=O) groups is 2. The van der Waals surface area contributed by atoms with Gasteiger partial charge in [0.05, 0.1) is 29.6 Å². The molecule has 1 unspecified atom stereocenters. The Hall–Kier alpha value is -4.83. The van der Waals surface area contributed by atoms with E-state index in [-0.39, 0.29) is 12.6 Å². The molecule has 1 fully saturated rings. The van der Waals surface area contributed by atoms with E-state index in [0.717, 1.165) is 0 Å². The van der Waals surface area contributed by atoms with Gasteiger partial charge in [-0.15, -0.1) is 0 Å². The summed E-state index contributed by atoms with van der Waals surface area (Å²) in [6.07, 6.45) is 2.72. The summed E-state index contributed by atoms with van der Waals surface area (Å²) in [5, 5.41) is 10.4. The Morgan fingerprint density at radius 1 is 1.12 bits per heavy atom. The molecule has 12 nitrogen and oxygen atoms in total. The highest BCUT2D eigenvalue weighted by molar-refractivity contribution is 6.32. The van der Waals surface area contributed by atoms with Gasteiger partial charge in [0.1, 0.15) is 17.7 Å². The fourth-order valence-corrected chi connectivity index (χ4v) is 4.84. The molecule has 2 heterocycles. The molecular weight excluding hydrogens is 706 g/mol. The maximum atomic E-state index is 13.8. The molecule has 2 aromatic carbocycles. The molecular formula is C35H44ClF4N9O3. The first-order chi connectivity index (χ1) is 24.5. The molecule has 282 valence electrons. The number of benzene rings is 2. The molecule has 0 bridgehead atoms. The van der Waals surface area contributed by atoms with Crippen molar-refractivity contribution in [2.45, 2.75) is 72.0 Å². The zero-order valence-corrected chi connectivity index (χ0v) is 30.8. The Kier molecular flexibility index (Phi) is 14.5. The van der Waals surface area contributed by atoms with Crippen molar-refractivity contribution in [3.8, 4) is 16.8 Å². The van der Waals surface area contributed by atoms with E-state index in [2.05, 4.69) is 53.2 Å². The lowest BCUT2D eigenvalue weighted by molar-refractivity contribution is -0.111. The Morgan fingerprint density at radius 2 is 1.75 bits per heavy atom. The van der Waals surface area contributed by atoms with Crippen molar-refractivity contribution >= 4 is 29.9 Å². The average molecular weight is 750 g/mol. The van der Waals surface area contributed by atoms with Crippen LogP contribution < -0.4 is 11.1 Å².